The molecule has 0 aliphatic rings. The van der Waals surface area contributed by atoms with E-state index in [0.717, 1.165) is 16.9 Å². The Kier molecular flexibility index (Phi) is 8.56. The molecule has 1 amide bonds. The summed E-state index contributed by atoms with van der Waals surface area (Å²) in [6.07, 6.45) is 2.84. The van der Waals surface area contributed by atoms with Crippen molar-refractivity contribution in [3.63, 3.8) is 0 Å². The molecule has 2 rings (SSSR count). The van der Waals surface area contributed by atoms with Gasteiger partial charge in [0.15, 0.2) is 18.1 Å². The zero-order valence-electron chi connectivity index (χ0n) is 16.8. The molecule has 0 fully saturated rings. The lowest BCUT2D eigenvalue weighted by Crippen LogP contribution is -2.28. The molecule has 2 aromatic rings. The van der Waals surface area contributed by atoms with Crippen LogP contribution in [0.25, 0.3) is 6.08 Å². The van der Waals surface area contributed by atoms with Crippen LogP contribution in [-0.4, -0.2) is 39.3 Å². The van der Waals surface area contributed by atoms with E-state index in [0.29, 0.717) is 24.7 Å². The zero-order chi connectivity index (χ0) is 21.1. The largest absolute Gasteiger partial charge is 0.497 e. The summed E-state index contributed by atoms with van der Waals surface area (Å²) < 4.78 is 20.7. The predicted octanol–water partition coefficient (Wildman–Crippen LogP) is 2.98. The lowest BCUT2D eigenvalue weighted by atomic mass is 10.2. The molecule has 1 N–H and O–H groups in total. The summed E-state index contributed by atoms with van der Waals surface area (Å²) in [6, 6.07) is 12.6. The maximum Gasteiger partial charge on any atom is 0.331 e. The van der Waals surface area contributed by atoms with Crippen molar-refractivity contribution < 1.29 is 28.5 Å². The van der Waals surface area contributed by atoms with E-state index in [1.165, 1.54) is 6.08 Å². The van der Waals surface area contributed by atoms with Crippen molar-refractivity contribution in [3.05, 3.63) is 59.7 Å². The summed E-state index contributed by atoms with van der Waals surface area (Å²) in [6.45, 7) is 2.39. The second kappa shape index (κ2) is 11.4. The first-order valence-electron chi connectivity index (χ1n) is 9.11. The van der Waals surface area contributed by atoms with Crippen LogP contribution in [-0.2, 0) is 20.9 Å². The van der Waals surface area contributed by atoms with Crippen molar-refractivity contribution in [1.29, 1.82) is 0 Å². The van der Waals surface area contributed by atoms with Crippen molar-refractivity contribution in [2.75, 3.05) is 27.4 Å². The SMILES string of the molecule is CCOc1ccc(/C=C/C(=O)OCC(=O)NCc2ccc(OC)cc2)cc1OC. The number of carbonyl (C=O) groups excluding carboxylic acids is 2. The monoisotopic (exact) mass is 399 g/mol. The Bertz CT molecular complexity index is 845. The summed E-state index contributed by atoms with van der Waals surface area (Å²) in [5.74, 6) is 0.942. The van der Waals surface area contributed by atoms with Crippen LogP contribution in [0.4, 0.5) is 0 Å². The maximum atomic E-state index is 11.8. The molecule has 0 radical (unpaired) electrons. The van der Waals surface area contributed by atoms with E-state index >= 15 is 0 Å². The van der Waals surface area contributed by atoms with Crippen molar-refractivity contribution in [3.8, 4) is 17.2 Å². The molecule has 0 spiro atoms. The Morgan fingerprint density at radius 2 is 1.76 bits per heavy atom. The van der Waals surface area contributed by atoms with Crippen LogP contribution in [0.1, 0.15) is 18.1 Å². The van der Waals surface area contributed by atoms with Crippen molar-refractivity contribution in [2.24, 2.45) is 0 Å². The standard InChI is InChI=1S/C22H25NO6/c1-4-28-19-11-7-16(13-20(19)27-3)8-12-22(25)29-15-21(24)23-14-17-5-9-18(26-2)10-6-17/h5-13H,4,14-15H2,1-3H3,(H,23,24)/b12-8+. The van der Waals surface area contributed by atoms with Gasteiger partial charge in [-0.25, -0.2) is 4.79 Å². The minimum absolute atomic E-state index is 0.336. The number of ether oxygens (including phenoxy) is 4. The lowest BCUT2D eigenvalue weighted by molar-refractivity contribution is -0.143. The average Bonchev–Trinajstić information content (AvgIpc) is 2.76. The number of hydrogen-bond acceptors (Lipinski definition) is 6. The van der Waals surface area contributed by atoms with E-state index in [1.807, 2.05) is 31.2 Å². The van der Waals surface area contributed by atoms with Crippen molar-refractivity contribution in [2.45, 2.75) is 13.5 Å². The second-order valence-electron chi connectivity index (χ2n) is 5.91. The molecule has 0 saturated carbocycles. The topological polar surface area (TPSA) is 83.1 Å². The molecule has 0 atom stereocenters. The van der Waals surface area contributed by atoms with E-state index in [4.69, 9.17) is 18.9 Å². The van der Waals surface area contributed by atoms with E-state index < -0.39 is 5.97 Å². The Morgan fingerprint density at radius 1 is 1.00 bits per heavy atom. The molecular weight excluding hydrogens is 374 g/mol. The fourth-order valence-corrected chi connectivity index (χ4v) is 2.41. The van der Waals surface area contributed by atoms with Crippen molar-refractivity contribution in [1.82, 2.24) is 5.32 Å². The first-order chi connectivity index (χ1) is 14.0. The van der Waals surface area contributed by atoms with Crippen LogP contribution in [0.2, 0.25) is 0 Å². The highest BCUT2D eigenvalue weighted by atomic mass is 16.5. The van der Waals surface area contributed by atoms with Gasteiger partial charge in [-0.15, -0.1) is 0 Å². The van der Waals surface area contributed by atoms with Gasteiger partial charge in [-0.05, 0) is 48.4 Å². The zero-order valence-corrected chi connectivity index (χ0v) is 16.8. The molecule has 0 heterocycles. The summed E-state index contributed by atoms with van der Waals surface area (Å²) in [4.78, 5) is 23.7. The highest BCUT2D eigenvalue weighted by Gasteiger charge is 2.07. The molecule has 0 saturated heterocycles. The molecule has 7 heteroatoms. The maximum absolute atomic E-state index is 11.8. The quantitative estimate of drug-likeness (QED) is 0.489. The van der Waals surface area contributed by atoms with Gasteiger partial charge in [0.1, 0.15) is 5.75 Å². The number of nitrogens with one attached hydrogen (secondary N) is 1. The normalized spacial score (nSPS) is 10.4. The Hall–Kier alpha value is -3.48. The molecule has 29 heavy (non-hydrogen) atoms. The van der Waals surface area contributed by atoms with Crippen LogP contribution in [0.5, 0.6) is 17.2 Å². The number of carbonyl (C=O) groups is 2. The predicted molar refractivity (Wildman–Crippen MR) is 109 cm³/mol. The number of rotatable bonds is 10. The van der Waals surface area contributed by atoms with Gasteiger partial charge in [-0.2, -0.15) is 0 Å². The van der Waals surface area contributed by atoms with E-state index in [2.05, 4.69) is 5.32 Å². The fourth-order valence-electron chi connectivity index (χ4n) is 2.41. The van der Waals surface area contributed by atoms with Gasteiger partial charge < -0.3 is 24.3 Å². The van der Waals surface area contributed by atoms with Gasteiger partial charge in [0.05, 0.1) is 20.8 Å². The van der Waals surface area contributed by atoms with Gasteiger partial charge in [0, 0.05) is 12.6 Å². The molecule has 0 aliphatic carbocycles. The third-order valence-electron chi connectivity index (χ3n) is 3.89. The average molecular weight is 399 g/mol. The second-order valence-corrected chi connectivity index (χ2v) is 5.91. The highest BCUT2D eigenvalue weighted by Crippen LogP contribution is 2.28. The number of amides is 1. The minimum atomic E-state index is -0.613. The smallest absolute Gasteiger partial charge is 0.331 e. The molecule has 2 aromatic carbocycles. The summed E-state index contributed by atoms with van der Waals surface area (Å²) in [5.41, 5.74) is 1.65. The number of esters is 1. The van der Waals surface area contributed by atoms with Crippen LogP contribution in [0.15, 0.2) is 48.5 Å². The third kappa shape index (κ3) is 7.21. The van der Waals surface area contributed by atoms with Crippen LogP contribution in [0.3, 0.4) is 0 Å². The first kappa shape index (κ1) is 21.8. The van der Waals surface area contributed by atoms with Gasteiger partial charge in [0.2, 0.25) is 0 Å². The molecule has 0 aromatic heterocycles. The summed E-state index contributed by atoms with van der Waals surface area (Å²) in [5, 5.41) is 2.69. The molecule has 0 bridgehead atoms. The lowest BCUT2D eigenvalue weighted by Gasteiger charge is -2.09. The van der Waals surface area contributed by atoms with Crippen molar-refractivity contribution >= 4 is 18.0 Å². The number of methoxy groups -OCH3 is 2. The van der Waals surface area contributed by atoms with Crippen LogP contribution < -0.4 is 19.5 Å². The third-order valence-corrected chi connectivity index (χ3v) is 3.89. The molecule has 154 valence electrons. The highest BCUT2D eigenvalue weighted by molar-refractivity contribution is 5.89. The summed E-state index contributed by atoms with van der Waals surface area (Å²) in [7, 11) is 3.14. The van der Waals surface area contributed by atoms with Gasteiger partial charge in [0.25, 0.3) is 5.91 Å². The van der Waals surface area contributed by atoms with E-state index in [1.54, 1.807) is 38.5 Å². The van der Waals surface area contributed by atoms with E-state index in [-0.39, 0.29) is 12.5 Å². The Labute approximate surface area is 170 Å². The van der Waals surface area contributed by atoms with Gasteiger partial charge in [-0.3, -0.25) is 4.79 Å². The number of benzene rings is 2. The Balaban J connectivity index is 1.78. The summed E-state index contributed by atoms with van der Waals surface area (Å²) >= 11 is 0. The van der Waals surface area contributed by atoms with Crippen LogP contribution >= 0.6 is 0 Å². The molecule has 7 nitrogen and oxygen atoms in total. The first-order valence-corrected chi connectivity index (χ1v) is 9.11. The minimum Gasteiger partial charge on any atom is -0.497 e. The fraction of sp³-hybridized carbons (Fsp3) is 0.273. The van der Waals surface area contributed by atoms with Crippen LogP contribution in [0, 0.1) is 0 Å². The van der Waals surface area contributed by atoms with Gasteiger partial charge >= 0.3 is 5.97 Å². The number of hydrogen-bond donors (Lipinski definition) is 1. The van der Waals surface area contributed by atoms with E-state index in [9.17, 15) is 9.59 Å². The molecule has 0 unspecified atom stereocenters. The molecular formula is C22H25NO6. The molecule has 0 aliphatic heterocycles. The Morgan fingerprint density at radius 3 is 2.41 bits per heavy atom. The van der Waals surface area contributed by atoms with Gasteiger partial charge in [-0.1, -0.05) is 18.2 Å².